The lowest BCUT2D eigenvalue weighted by molar-refractivity contribution is 0.584. The van der Waals surface area contributed by atoms with Crippen molar-refractivity contribution in [3.8, 4) is 0 Å². The molecule has 76 valence electrons. The molecule has 0 aliphatic heterocycles. The van der Waals surface area contributed by atoms with Gasteiger partial charge < -0.3 is 5.32 Å². The van der Waals surface area contributed by atoms with Crippen LogP contribution in [0.15, 0.2) is 36.9 Å². The monoisotopic (exact) mass is 204 g/mol. The number of nitrogens with zero attached hydrogens (tertiary/aromatic N) is 3. The van der Waals surface area contributed by atoms with Gasteiger partial charge in [0.2, 0.25) is 5.95 Å². The highest BCUT2D eigenvalue weighted by molar-refractivity contribution is 5.41. The molecule has 0 aromatic carbocycles. The van der Waals surface area contributed by atoms with Crippen LogP contribution in [0, 0.1) is 5.95 Å². The first-order chi connectivity index (χ1) is 7.34. The molecule has 0 radical (unpaired) electrons. The van der Waals surface area contributed by atoms with Crippen LogP contribution in [0.5, 0.6) is 0 Å². The number of hydrogen-bond donors (Lipinski definition) is 1. The van der Waals surface area contributed by atoms with E-state index in [2.05, 4.69) is 20.3 Å². The zero-order valence-electron chi connectivity index (χ0n) is 7.89. The van der Waals surface area contributed by atoms with Gasteiger partial charge in [0.1, 0.15) is 0 Å². The van der Waals surface area contributed by atoms with Gasteiger partial charge in [-0.2, -0.15) is 4.39 Å². The van der Waals surface area contributed by atoms with Crippen molar-refractivity contribution >= 4 is 5.69 Å². The van der Waals surface area contributed by atoms with Gasteiger partial charge in [-0.15, -0.1) is 0 Å². The van der Waals surface area contributed by atoms with E-state index >= 15 is 0 Å². The Kier molecular flexibility index (Phi) is 2.82. The quantitative estimate of drug-likeness (QED) is 0.772. The number of rotatable bonds is 3. The lowest BCUT2D eigenvalue weighted by atomic mass is 10.3. The van der Waals surface area contributed by atoms with E-state index in [1.807, 2.05) is 0 Å². The van der Waals surface area contributed by atoms with Crippen LogP contribution in [0.1, 0.15) is 5.69 Å². The van der Waals surface area contributed by atoms with Gasteiger partial charge in [0.25, 0.3) is 0 Å². The molecule has 1 N–H and O–H groups in total. The van der Waals surface area contributed by atoms with Crippen LogP contribution in [0.3, 0.4) is 0 Å². The third-order valence-corrected chi connectivity index (χ3v) is 1.82. The molecule has 0 bridgehead atoms. The highest BCUT2D eigenvalue weighted by Crippen LogP contribution is 2.07. The molecule has 5 heteroatoms. The highest BCUT2D eigenvalue weighted by atomic mass is 19.1. The standard InChI is InChI=1S/C10H9FN4/c11-10-5-8(1-2-14-10)15-7-9-6-12-3-4-13-9/h1-6H,7H2,(H,14,15). The van der Waals surface area contributed by atoms with Crippen molar-refractivity contribution in [1.29, 1.82) is 0 Å². The maximum absolute atomic E-state index is 12.7. The van der Waals surface area contributed by atoms with Crippen LogP contribution in [0.2, 0.25) is 0 Å². The predicted molar refractivity (Wildman–Crippen MR) is 53.6 cm³/mol. The minimum absolute atomic E-state index is 0.501. The lowest BCUT2D eigenvalue weighted by Crippen LogP contribution is -2.02. The molecule has 0 amide bonds. The van der Waals surface area contributed by atoms with Crippen molar-refractivity contribution in [1.82, 2.24) is 15.0 Å². The second-order valence-corrected chi connectivity index (χ2v) is 2.92. The third kappa shape index (κ3) is 2.70. The summed E-state index contributed by atoms with van der Waals surface area (Å²) in [5, 5.41) is 3.02. The summed E-state index contributed by atoms with van der Waals surface area (Å²) in [4.78, 5) is 11.5. The normalized spacial score (nSPS) is 9.93. The minimum Gasteiger partial charge on any atom is -0.379 e. The lowest BCUT2D eigenvalue weighted by Gasteiger charge is -2.04. The number of hydrogen-bond acceptors (Lipinski definition) is 4. The van der Waals surface area contributed by atoms with E-state index in [1.54, 1.807) is 24.7 Å². The van der Waals surface area contributed by atoms with Crippen LogP contribution >= 0.6 is 0 Å². The fourth-order valence-corrected chi connectivity index (χ4v) is 1.13. The fraction of sp³-hybridized carbons (Fsp3) is 0.100. The van der Waals surface area contributed by atoms with Crippen molar-refractivity contribution in [3.63, 3.8) is 0 Å². The molecule has 0 aliphatic carbocycles. The highest BCUT2D eigenvalue weighted by Gasteiger charge is 1.96. The molecule has 0 unspecified atom stereocenters. The molecule has 2 heterocycles. The molecule has 0 aliphatic rings. The minimum atomic E-state index is -0.501. The van der Waals surface area contributed by atoms with Crippen LogP contribution < -0.4 is 5.32 Å². The maximum Gasteiger partial charge on any atom is 0.214 e. The zero-order chi connectivity index (χ0) is 10.5. The first kappa shape index (κ1) is 9.51. The van der Waals surface area contributed by atoms with E-state index in [0.29, 0.717) is 12.2 Å². The molecule has 2 aromatic heterocycles. The molecule has 0 spiro atoms. The van der Waals surface area contributed by atoms with Gasteiger partial charge in [-0.25, -0.2) is 4.98 Å². The average Bonchev–Trinajstić information content (AvgIpc) is 2.28. The van der Waals surface area contributed by atoms with Crippen molar-refractivity contribution in [3.05, 3.63) is 48.6 Å². The van der Waals surface area contributed by atoms with Gasteiger partial charge in [-0.3, -0.25) is 9.97 Å². The van der Waals surface area contributed by atoms with Crippen molar-refractivity contribution < 1.29 is 4.39 Å². The Morgan fingerprint density at radius 2 is 2.13 bits per heavy atom. The van der Waals surface area contributed by atoms with Crippen LogP contribution in [0.25, 0.3) is 0 Å². The average molecular weight is 204 g/mol. The van der Waals surface area contributed by atoms with Gasteiger partial charge in [-0.1, -0.05) is 0 Å². The van der Waals surface area contributed by atoms with E-state index in [1.165, 1.54) is 12.3 Å². The predicted octanol–water partition coefficient (Wildman–Crippen LogP) is 1.62. The summed E-state index contributed by atoms with van der Waals surface area (Å²) >= 11 is 0. The van der Waals surface area contributed by atoms with Gasteiger partial charge in [-0.05, 0) is 6.07 Å². The summed E-state index contributed by atoms with van der Waals surface area (Å²) in [5.41, 5.74) is 1.47. The summed E-state index contributed by atoms with van der Waals surface area (Å²) < 4.78 is 12.7. The second kappa shape index (κ2) is 4.45. The van der Waals surface area contributed by atoms with Crippen LogP contribution in [-0.4, -0.2) is 15.0 Å². The third-order valence-electron chi connectivity index (χ3n) is 1.82. The van der Waals surface area contributed by atoms with Gasteiger partial charge in [0.15, 0.2) is 0 Å². The van der Waals surface area contributed by atoms with Crippen molar-refractivity contribution in [2.45, 2.75) is 6.54 Å². The molecule has 15 heavy (non-hydrogen) atoms. The van der Waals surface area contributed by atoms with E-state index in [0.717, 1.165) is 5.69 Å². The van der Waals surface area contributed by atoms with E-state index in [-0.39, 0.29) is 0 Å². The van der Waals surface area contributed by atoms with Crippen molar-refractivity contribution in [2.75, 3.05) is 5.32 Å². The molecule has 0 atom stereocenters. The molecule has 2 aromatic rings. The second-order valence-electron chi connectivity index (χ2n) is 2.92. The Morgan fingerprint density at radius 3 is 2.87 bits per heavy atom. The van der Waals surface area contributed by atoms with Gasteiger partial charge in [0.05, 0.1) is 18.4 Å². The van der Waals surface area contributed by atoms with Crippen molar-refractivity contribution in [2.24, 2.45) is 0 Å². The molecule has 0 saturated heterocycles. The molecular weight excluding hydrogens is 195 g/mol. The van der Waals surface area contributed by atoms with Crippen LogP contribution in [-0.2, 0) is 6.54 Å². The maximum atomic E-state index is 12.7. The largest absolute Gasteiger partial charge is 0.379 e. The fourth-order valence-electron chi connectivity index (χ4n) is 1.13. The summed E-state index contributed by atoms with van der Waals surface area (Å²) in [5.74, 6) is -0.501. The Hall–Kier alpha value is -2.04. The number of anilines is 1. The number of nitrogens with one attached hydrogen (secondary N) is 1. The van der Waals surface area contributed by atoms with E-state index in [4.69, 9.17) is 0 Å². The number of pyridine rings is 1. The first-order valence-corrected chi connectivity index (χ1v) is 4.45. The first-order valence-electron chi connectivity index (χ1n) is 4.45. The summed E-state index contributed by atoms with van der Waals surface area (Å²) in [6, 6.07) is 3.02. The Balaban J connectivity index is 1.99. The van der Waals surface area contributed by atoms with E-state index in [9.17, 15) is 4.39 Å². The summed E-state index contributed by atoms with van der Waals surface area (Å²) in [6.45, 7) is 0.511. The van der Waals surface area contributed by atoms with Crippen LogP contribution in [0.4, 0.5) is 10.1 Å². The summed E-state index contributed by atoms with van der Waals surface area (Å²) in [7, 11) is 0. The summed E-state index contributed by atoms with van der Waals surface area (Å²) in [6.07, 6.45) is 6.29. The van der Waals surface area contributed by atoms with Gasteiger partial charge >= 0.3 is 0 Å². The zero-order valence-corrected chi connectivity index (χ0v) is 7.89. The smallest absolute Gasteiger partial charge is 0.214 e. The van der Waals surface area contributed by atoms with Gasteiger partial charge in [0, 0.05) is 30.3 Å². The molecule has 2 rings (SSSR count). The number of halogens is 1. The number of aromatic nitrogens is 3. The van der Waals surface area contributed by atoms with E-state index < -0.39 is 5.95 Å². The molecule has 0 fully saturated rings. The Morgan fingerprint density at radius 1 is 1.20 bits per heavy atom. The molecule has 0 saturated carbocycles. The topological polar surface area (TPSA) is 50.7 Å². The Labute approximate surface area is 86.2 Å². The molecule has 4 nitrogen and oxygen atoms in total. The molecular formula is C10H9FN4. The SMILES string of the molecule is Fc1cc(NCc2cnccn2)ccn1. The Bertz CT molecular complexity index is 432.